The summed E-state index contributed by atoms with van der Waals surface area (Å²) >= 11 is 0. The van der Waals surface area contributed by atoms with Gasteiger partial charge in [0.05, 0.1) is 26.4 Å². The molecule has 0 aromatic rings. The third-order valence-corrected chi connectivity index (χ3v) is 21.4. The molecule has 0 fully saturated rings. The summed E-state index contributed by atoms with van der Waals surface area (Å²) in [7, 11) is -9.92. The number of hydrogen-bond acceptors (Lipinski definition) is 15. The van der Waals surface area contributed by atoms with E-state index in [0.29, 0.717) is 31.6 Å². The summed E-state index contributed by atoms with van der Waals surface area (Å²) in [6, 6.07) is 0. The molecule has 0 heterocycles. The van der Waals surface area contributed by atoms with E-state index in [1.54, 1.807) is 0 Å². The van der Waals surface area contributed by atoms with Crippen LogP contribution in [0.25, 0.3) is 0 Å². The highest BCUT2D eigenvalue weighted by molar-refractivity contribution is 7.47. The lowest BCUT2D eigenvalue weighted by Crippen LogP contribution is -2.30. The average Bonchev–Trinajstić information content (AvgIpc) is 1.01. The highest BCUT2D eigenvalue weighted by Crippen LogP contribution is 2.45. The SMILES string of the molecule is CCCCCCCCCCCCCCCCCCCCCCCCC(=O)O[C@H](COC(=O)CCCCCCCCCCCCCCCCCC(C)C)COP(=O)(O)OC[C@@H](O)COP(=O)(O)OC[C@@H](COC(=O)CCCCCCCCC(C)C)OC(=O)CCCCCCCCCCCCCCC. The van der Waals surface area contributed by atoms with E-state index < -0.39 is 97.5 Å². The minimum absolute atomic E-state index is 0.107. The number of aliphatic hydroxyl groups excluding tert-OH is 1. The maximum absolute atomic E-state index is 13.1. The smallest absolute Gasteiger partial charge is 0.462 e. The van der Waals surface area contributed by atoms with E-state index in [2.05, 4.69) is 41.5 Å². The number of phosphoric ester groups is 2. The zero-order valence-electron chi connectivity index (χ0n) is 66.9. The number of phosphoric acid groups is 2. The maximum Gasteiger partial charge on any atom is 0.472 e. The van der Waals surface area contributed by atoms with Crippen LogP contribution < -0.4 is 0 Å². The molecule has 0 aliphatic carbocycles. The molecule has 0 amide bonds. The molecule has 0 aromatic carbocycles. The van der Waals surface area contributed by atoms with Crippen LogP contribution in [0.5, 0.6) is 0 Å². The van der Waals surface area contributed by atoms with Gasteiger partial charge in [0.15, 0.2) is 12.2 Å². The molecule has 0 rings (SSSR count). The van der Waals surface area contributed by atoms with E-state index in [1.807, 2.05) is 0 Å². The van der Waals surface area contributed by atoms with Gasteiger partial charge in [0.1, 0.15) is 19.3 Å². The molecule has 17 nitrogen and oxygen atoms in total. The lowest BCUT2D eigenvalue weighted by atomic mass is 10.0. The van der Waals surface area contributed by atoms with E-state index in [4.69, 9.17) is 37.0 Å². The van der Waals surface area contributed by atoms with Crippen molar-refractivity contribution in [2.24, 2.45) is 11.8 Å². The van der Waals surface area contributed by atoms with Crippen LogP contribution >= 0.6 is 15.6 Å². The van der Waals surface area contributed by atoms with Gasteiger partial charge in [-0.05, 0) is 37.5 Å². The molecule has 0 bridgehead atoms. The van der Waals surface area contributed by atoms with Crippen LogP contribution in [0.3, 0.4) is 0 Å². The summed E-state index contributed by atoms with van der Waals surface area (Å²) < 4.78 is 68.7. The number of esters is 4. The first-order valence-electron chi connectivity index (χ1n) is 43.0. The Labute approximate surface area is 626 Å². The molecule has 0 aliphatic rings. The van der Waals surface area contributed by atoms with E-state index in [1.165, 1.54) is 250 Å². The van der Waals surface area contributed by atoms with Crippen molar-refractivity contribution >= 4 is 39.5 Å². The Bertz CT molecular complexity index is 1960. The molecule has 3 N–H and O–H groups in total. The molecule has 2 unspecified atom stereocenters. The molecule has 0 saturated heterocycles. The zero-order chi connectivity index (χ0) is 74.9. The number of hydrogen-bond donors (Lipinski definition) is 3. The van der Waals surface area contributed by atoms with Gasteiger partial charge in [0.2, 0.25) is 0 Å². The minimum Gasteiger partial charge on any atom is -0.462 e. The Morgan fingerprint density at radius 1 is 0.265 bits per heavy atom. The second-order valence-electron chi connectivity index (χ2n) is 30.8. The Morgan fingerprint density at radius 2 is 0.451 bits per heavy atom. The molecule has 0 radical (unpaired) electrons. The fourth-order valence-electron chi connectivity index (χ4n) is 12.9. The summed E-state index contributed by atoms with van der Waals surface area (Å²) in [5.41, 5.74) is 0. The van der Waals surface area contributed by atoms with E-state index in [-0.39, 0.29) is 25.7 Å². The number of carbonyl (C=O) groups excluding carboxylic acids is 4. The van der Waals surface area contributed by atoms with Crippen molar-refractivity contribution in [2.75, 3.05) is 39.6 Å². The van der Waals surface area contributed by atoms with Gasteiger partial charge in [0.25, 0.3) is 0 Å². The second-order valence-corrected chi connectivity index (χ2v) is 33.7. The van der Waals surface area contributed by atoms with Crippen molar-refractivity contribution in [1.29, 1.82) is 0 Å². The quantitative estimate of drug-likeness (QED) is 0.0222. The average molecular weight is 1490 g/mol. The van der Waals surface area contributed by atoms with Gasteiger partial charge < -0.3 is 33.8 Å². The zero-order valence-corrected chi connectivity index (χ0v) is 68.7. The molecule has 102 heavy (non-hydrogen) atoms. The van der Waals surface area contributed by atoms with Gasteiger partial charge in [-0.15, -0.1) is 0 Å². The van der Waals surface area contributed by atoms with Crippen LogP contribution in [0.2, 0.25) is 0 Å². The molecule has 0 saturated carbocycles. The van der Waals surface area contributed by atoms with Gasteiger partial charge in [-0.25, -0.2) is 9.13 Å². The van der Waals surface area contributed by atoms with E-state index in [9.17, 15) is 43.2 Å². The summed E-state index contributed by atoms with van der Waals surface area (Å²) in [6.07, 6.45) is 65.5. The normalized spacial score (nSPS) is 13.9. The van der Waals surface area contributed by atoms with Crippen molar-refractivity contribution < 1.29 is 80.2 Å². The Hall–Kier alpha value is -1.94. The first-order chi connectivity index (χ1) is 49.4. The van der Waals surface area contributed by atoms with Crippen LogP contribution in [-0.2, 0) is 65.4 Å². The van der Waals surface area contributed by atoms with Crippen LogP contribution in [0, 0.1) is 11.8 Å². The minimum atomic E-state index is -4.96. The molecule has 0 spiro atoms. The third kappa shape index (κ3) is 76.3. The number of ether oxygens (including phenoxy) is 4. The van der Waals surface area contributed by atoms with E-state index >= 15 is 0 Å². The summed E-state index contributed by atoms with van der Waals surface area (Å²) in [5, 5.41) is 10.6. The Morgan fingerprint density at radius 3 is 0.667 bits per heavy atom. The van der Waals surface area contributed by atoms with Crippen molar-refractivity contribution in [3.63, 3.8) is 0 Å². The molecule has 0 aliphatic heterocycles. The predicted molar refractivity (Wildman–Crippen MR) is 418 cm³/mol. The largest absolute Gasteiger partial charge is 0.472 e. The lowest BCUT2D eigenvalue weighted by molar-refractivity contribution is -0.161. The van der Waals surface area contributed by atoms with Crippen LogP contribution in [0.4, 0.5) is 0 Å². The molecule has 5 atom stereocenters. The highest BCUT2D eigenvalue weighted by atomic mass is 31.2. The van der Waals surface area contributed by atoms with Crippen molar-refractivity contribution in [2.45, 2.75) is 458 Å². The van der Waals surface area contributed by atoms with Gasteiger partial charge in [-0.3, -0.25) is 37.3 Å². The van der Waals surface area contributed by atoms with E-state index in [0.717, 1.165) is 102 Å². The van der Waals surface area contributed by atoms with Gasteiger partial charge >= 0.3 is 39.5 Å². The Kier molecular flexibility index (Phi) is 73.1. The fraction of sp³-hybridized carbons (Fsp3) is 0.952. The second kappa shape index (κ2) is 74.5. The van der Waals surface area contributed by atoms with Crippen molar-refractivity contribution in [1.82, 2.24) is 0 Å². The van der Waals surface area contributed by atoms with Crippen molar-refractivity contribution in [3.05, 3.63) is 0 Å². The monoisotopic (exact) mass is 1490 g/mol. The molecule has 0 aromatic heterocycles. The van der Waals surface area contributed by atoms with Crippen LogP contribution in [0.1, 0.15) is 440 Å². The maximum atomic E-state index is 13.1. The lowest BCUT2D eigenvalue weighted by Gasteiger charge is -2.21. The summed E-state index contributed by atoms with van der Waals surface area (Å²) in [4.78, 5) is 73.0. The first-order valence-corrected chi connectivity index (χ1v) is 46.0. The number of rotatable bonds is 82. The number of unbranched alkanes of at least 4 members (excludes halogenated alkanes) is 52. The molecule has 19 heteroatoms. The standard InChI is InChI=1S/C83H162O17P2/c1-7-9-11-13-15-17-19-21-22-23-24-25-26-27-28-31-36-40-44-48-56-62-68-82(87)99-78(71-93-80(85)65-59-53-46-42-38-35-32-29-30-34-37-41-45-51-57-63-75(3)4)73-97-101(89,90)95-69-77(84)70-96-102(91,92)98-74-79(72-94-81(86)66-60-54-50-49-52-58-64-76(5)6)100-83(88)67-61-55-47-43-39-33-20-18-16-14-12-10-8-2/h75-79,84H,7-74H2,1-6H3,(H,89,90)(H,91,92)/t77-,78-,79-/m1/s1. The van der Waals surface area contributed by atoms with Crippen molar-refractivity contribution in [3.8, 4) is 0 Å². The fourth-order valence-corrected chi connectivity index (χ4v) is 14.5. The van der Waals surface area contributed by atoms with Gasteiger partial charge in [0, 0.05) is 25.7 Å². The molecule has 606 valence electrons. The van der Waals surface area contributed by atoms with Crippen LogP contribution in [0.15, 0.2) is 0 Å². The van der Waals surface area contributed by atoms with Crippen LogP contribution in [-0.4, -0.2) is 96.7 Å². The molecular formula is C83H162O17P2. The first kappa shape index (κ1) is 100. The van der Waals surface area contributed by atoms with Gasteiger partial charge in [-0.2, -0.15) is 0 Å². The summed E-state index contributed by atoms with van der Waals surface area (Å²) in [5.74, 6) is -0.623. The predicted octanol–water partition coefficient (Wildman–Crippen LogP) is 25.1. The summed E-state index contributed by atoms with van der Waals surface area (Å²) in [6.45, 7) is 9.59. The number of aliphatic hydroxyl groups is 1. The Balaban J connectivity index is 5.19. The highest BCUT2D eigenvalue weighted by Gasteiger charge is 2.30. The third-order valence-electron chi connectivity index (χ3n) is 19.5. The number of carbonyl (C=O) groups is 4. The van der Waals surface area contributed by atoms with Gasteiger partial charge in [-0.1, -0.05) is 388 Å². The molecular weight excluding hydrogens is 1330 g/mol. The topological polar surface area (TPSA) is 237 Å².